The molecule has 8 heteroatoms. The lowest BCUT2D eigenvalue weighted by Crippen LogP contribution is -2.47. The number of carbonyl (C=O) groups excluding carboxylic acids is 2. The van der Waals surface area contributed by atoms with Crippen molar-refractivity contribution in [3.05, 3.63) is 23.5 Å². The average molecular weight is 361 g/mol. The predicted molar refractivity (Wildman–Crippen MR) is 99.7 cm³/mol. The highest BCUT2D eigenvalue weighted by atomic mass is 16.6. The zero-order chi connectivity index (χ0) is 19.5. The molecule has 1 aliphatic rings. The number of hydrogen-bond donors (Lipinski definition) is 3. The van der Waals surface area contributed by atoms with Crippen LogP contribution in [0.4, 0.5) is 10.5 Å². The Hall–Kier alpha value is -2.64. The first kappa shape index (κ1) is 19.7. The van der Waals surface area contributed by atoms with E-state index in [0.29, 0.717) is 24.3 Å². The number of rotatable bonds is 4. The summed E-state index contributed by atoms with van der Waals surface area (Å²) in [7, 11) is 0. The molecule has 0 unspecified atom stereocenters. The maximum atomic E-state index is 12.3. The monoisotopic (exact) mass is 361 g/mol. The fraction of sp³-hybridized carbons (Fsp3) is 0.556. The fourth-order valence-corrected chi connectivity index (χ4v) is 2.88. The molecule has 1 aromatic rings. The van der Waals surface area contributed by atoms with Crippen molar-refractivity contribution in [1.29, 1.82) is 5.41 Å². The second-order valence-corrected chi connectivity index (χ2v) is 7.51. The van der Waals surface area contributed by atoms with Gasteiger partial charge in [0.25, 0.3) is 5.91 Å². The number of amides is 2. The number of anilines is 1. The van der Waals surface area contributed by atoms with Crippen LogP contribution >= 0.6 is 0 Å². The van der Waals surface area contributed by atoms with Crippen molar-refractivity contribution in [2.45, 2.75) is 52.2 Å². The topological polar surface area (TPSA) is 121 Å². The summed E-state index contributed by atoms with van der Waals surface area (Å²) >= 11 is 0. The second kappa shape index (κ2) is 7.72. The third-order valence-corrected chi connectivity index (χ3v) is 4.04. The van der Waals surface area contributed by atoms with Crippen LogP contribution in [0.3, 0.4) is 0 Å². The molecule has 0 spiro atoms. The van der Waals surface area contributed by atoms with Crippen LogP contribution in [-0.2, 0) is 4.74 Å². The van der Waals surface area contributed by atoms with Crippen molar-refractivity contribution >= 4 is 23.4 Å². The highest BCUT2D eigenvalue weighted by molar-refractivity contribution is 6.07. The third-order valence-electron chi connectivity index (χ3n) is 4.04. The Morgan fingerprint density at radius 1 is 1.35 bits per heavy atom. The molecule has 1 saturated heterocycles. The number of pyridine rings is 1. The van der Waals surface area contributed by atoms with Crippen LogP contribution in [0, 0.1) is 5.41 Å². The molecule has 0 aliphatic carbocycles. The van der Waals surface area contributed by atoms with Gasteiger partial charge >= 0.3 is 6.09 Å². The molecule has 0 bridgehead atoms. The lowest BCUT2D eigenvalue weighted by atomic mass is 10.0. The SMILES string of the molecule is CC(=N)c1cncc(C(N)=O)c1N[C@@H]1CCCN(C(=O)OC(C)(C)C)C1. The van der Waals surface area contributed by atoms with Crippen molar-refractivity contribution in [2.24, 2.45) is 5.73 Å². The summed E-state index contributed by atoms with van der Waals surface area (Å²) < 4.78 is 5.44. The maximum absolute atomic E-state index is 12.3. The van der Waals surface area contributed by atoms with Crippen LogP contribution < -0.4 is 11.1 Å². The Morgan fingerprint density at radius 3 is 2.58 bits per heavy atom. The summed E-state index contributed by atoms with van der Waals surface area (Å²) in [6, 6.07) is -0.0742. The molecule has 2 rings (SSSR count). The van der Waals surface area contributed by atoms with E-state index < -0.39 is 11.5 Å². The van der Waals surface area contributed by atoms with Crippen molar-refractivity contribution in [3.8, 4) is 0 Å². The first-order valence-electron chi connectivity index (χ1n) is 8.66. The van der Waals surface area contributed by atoms with Crippen LogP contribution in [0.15, 0.2) is 12.4 Å². The first-order chi connectivity index (χ1) is 12.1. The Labute approximate surface area is 153 Å². The number of primary amides is 1. The van der Waals surface area contributed by atoms with E-state index in [1.54, 1.807) is 11.8 Å². The van der Waals surface area contributed by atoms with Gasteiger partial charge in [0.2, 0.25) is 0 Å². The van der Waals surface area contributed by atoms with Gasteiger partial charge in [-0.25, -0.2) is 4.79 Å². The molecule has 2 heterocycles. The number of nitrogens with one attached hydrogen (secondary N) is 2. The molecule has 0 aromatic carbocycles. The molecule has 142 valence electrons. The summed E-state index contributed by atoms with van der Waals surface area (Å²) in [6.07, 6.45) is 4.22. The summed E-state index contributed by atoms with van der Waals surface area (Å²) in [5, 5.41) is 11.2. The number of piperidine rings is 1. The van der Waals surface area contributed by atoms with Crippen molar-refractivity contribution in [1.82, 2.24) is 9.88 Å². The molecule has 1 aliphatic heterocycles. The van der Waals surface area contributed by atoms with E-state index in [4.69, 9.17) is 15.9 Å². The molecule has 26 heavy (non-hydrogen) atoms. The molecular weight excluding hydrogens is 334 g/mol. The summed E-state index contributed by atoms with van der Waals surface area (Å²) in [4.78, 5) is 29.7. The van der Waals surface area contributed by atoms with Gasteiger partial charge in [0.05, 0.1) is 11.3 Å². The van der Waals surface area contributed by atoms with Gasteiger partial charge in [0, 0.05) is 42.8 Å². The van der Waals surface area contributed by atoms with E-state index in [2.05, 4.69) is 10.3 Å². The molecule has 8 nitrogen and oxygen atoms in total. The van der Waals surface area contributed by atoms with Gasteiger partial charge in [-0.15, -0.1) is 0 Å². The lowest BCUT2D eigenvalue weighted by Gasteiger charge is -2.35. The number of aromatic nitrogens is 1. The molecule has 2 amide bonds. The maximum Gasteiger partial charge on any atom is 0.410 e. The Morgan fingerprint density at radius 2 is 2.00 bits per heavy atom. The van der Waals surface area contributed by atoms with Crippen molar-refractivity contribution in [2.75, 3.05) is 18.4 Å². The Kier molecular flexibility index (Phi) is 5.84. The summed E-state index contributed by atoms with van der Waals surface area (Å²) in [5.74, 6) is -0.608. The van der Waals surface area contributed by atoms with Crippen LogP contribution in [0.2, 0.25) is 0 Å². The smallest absolute Gasteiger partial charge is 0.410 e. The van der Waals surface area contributed by atoms with E-state index in [1.165, 1.54) is 12.4 Å². The first-order valence-corrected chi connectivity index (χ1v) is 8.66. The zero-order valence-electron chi connectivity index (χ0n) is 15.8. The molecular formula is C18H27N5O3. The van der Waals surface area contributed by atoms with Gasteiger partial charge in [-0.05, 0) is 40.5 Å². The Bertz CT molecular complexity index is 679. The van der Waals surface area contributed by atoms with E-state index >= 15 is 0 Å². The molecule has 0 radical (unpaired) electrons. The van der Waals surface area contributed by atoms with E-state index in [9.17, 15) is 9.59 Å². The van der Waals surface area contributed by atoms with Gasteiger partial charge in [0.1, 0.15) is 5.60 Å². The molecule has 1 aromatic heterocycles. The highest BCUT2D eigenvalue weighted by Gasteiger charge is 2.28. The standard InChI is InChI=1S/C18H27N5O3/c1-11(19)13-8-21-9-14(16(20)24)15(13)22-12-6-5-7-23(10-12)17(25)26-18(2,3)4/h8-9,12,19H,5-7,10H2,1-4H3,(H2,20,24)(H,21,22)/t12-/m1/s1. The van der Waals surface area contributed by atoms with Crippen LogP contribution in [0.1, 0.15) is 56.5 Å². The van der Waals surface area contributed by atoms with Gasteiger partial charge in [-0.1, -0.05) is 0 Å². The average Bonchev–Trinajstić information content (AvgIpc) is 2.53. The molecule has 1 fully saturated rings. The van der Waals surface area contributed by atoms with E-state index in [-0.39, 0.29) is 23.4 Å². The largest absolute Gasteiger partial charge is 0.444 e. The minimum Gasteiger partial charge on any atom is -0.444 e. The normalized spacial score (nSPS) is 17.5. The number of hydrogen-bond acceptors (Lipinski definition) is 6. The number of carbonyl (C=O) groups is 2. The third kappa shape index (κ3) is 4.93. The quantitative estimate of drug-likeness (QED) is 0.711. The van der Waals surface area contributed by atoms with Crippen LogP contribution in [0.5, 0.6) is 0 Å². The number of likely N-dealkylation sites (tertiary alicyclic amines) is 1. The van der Waals surface area contributed by atoms with E-state index in [0.717, 1.165) is 12.8 Å². The fourth-order valence-electron chi connectivity index (χ4n) is 2.88. The minimum absolute atomic E-state index is 0.0742. The number of nitrogens with zero attached hydrogens (tertiary/aromatic N) is 2. The molecule has 0 saturated carbocycles. The Balaban J connectivity index is 2.19. The van der Waals surface area contributed by atoms with E-state index in [1.807, 2.05) is 20.8 Å². The van der Waals surface area contributed by atoms with Crippen LogP contribution in [0.25, 0.3) is 0 Å². The summed E-state index contributed by atoms with van der Waals surface area (Å²) in [5.41, 5.74) is 6.45. The number of ether oxygens (including phenoxy) is 1. The van der Waals surface area contributed by atoms with Gasteiger partial charge in [0.15, 0.2) is 0 Å². The number of nitrogens with two attached hydrogens (primary N) is 1. The minimum atomic E-state index is -0.608. The highest BCUT2D eigenvalue weighted by Crippen LogP contribution is 2.24. The lowest BCUT2D eigenvalue weighted by molar-refractivity contribution is 0.0206. The molecule has 1 atom stereocenters. The predicted octanol–water partition coefficient (Wildman–Crippen LogP) is 2.38. The molecule has 4 N–H and O–H groups in total. The van der Waals surface area contributed by atoms with Crippen molar-refractivity contribution < 1.29 is 14.3 Å². The second-order valence-electron chi connectivity index (χ2n) is 7.51. The summed E-state index contributed by atoms with van der Waals surface area (Å²) in [6.45, 7) is 8.20. The zero-order valence-corrected chi connectivity index (χ0v) is 15.8. The van der Waals surface area contributed by atoms with Crippen LogP contribution in [-0.4, -0.2) is 52.3 Å². The van der Waals surface area contributed by atoms with Gasteiger partial charge < -0.3 is 26.1 Å². The van der Waals surface area contributed by atoms with Gasteiger partial charge in [-0.3, -0.25) is 9.78 Å². The van der Waals surface area contributed by atoms with Crippen molar-refractivity contribution in [3.63, 3.8) is 0 Å². The van der Waals surface area contributed by atoms with Gasteiger partial charge in [-0.2, -0.15) is 0 Å².